The van der Waals surface area contributed by atoms with Crippen molar-refractivity contribution in [2.45, 2.75) is 4.90 Å². The van der Waals surface area contributed by atoms with Crippen LogP contribution in [0.25, 0.3) is 0 Å². The molecule has 2 aromatic rings. The summed E-state index contributed by atoms with van der Waals surface area (Å²) in [6.45, 7) is 0. The Morgan fingerprint density at radius 3 is 2.67 bits per heavy atom. The number of amides is 1. The molecule has 0 atom stereocenters. The Bertz CT molecular complexity index is 778. The predicted octanol–water partition coefficient (Wildman–Crippen LogP) is 1.38. The summed E-state index contributed by atoms with van der Waals surface area (Å²) >= 11 is 0. The molecule has 0 aliphatic carbocycles. The van der Waals surface area contributed by atoms with Crippen LogP contribution in [0.2, 0.25) is 0 Å². The number of hydrogen-bond donors (Lipinski definition) is 2. The van der Waals surface area contributed by atoms with Crippen molar-refractivity contribution in [2.75, 3.05) is 12.4 Å². The van der Waals surface area contributed by atoms with Gasteiger partial charge in [0.05, 0.1) is 10.5 Å². The van der Waals surface area contributed by atoms with E-state index in [9.17, 15) is 17.6 Å². The highest BCUT2D eigenvalue weighted by atomic mass is 32.2. The first-order chi connectivity index (χ1) is 9.94. The number of benzene rings is 1. The van der Waals surface area contributed by atoms with Crippen LogP contribution in [-0.4, -0.2) is 26.4 Å². The lowest BCUT2D eigenvalue weighted by molar-refractivity contribution is 0.102. The third-order valence-electron chi connectivity index (χ3n) is 2.67. The molecule has 0 radical (unpaired) electrons. The third-order valence-corrected chi connectivity index (χ3v) is 4.09. The van der Waals surface area contributed by atoms with Gasteiger partial charge in [0.1, 0.15) is 0 Å². The van der Waals surface area contributed by atoms with Crippen LogP contribution in [0.15, 0.2) is 47.5 Å². The molecule has 0 spiro atoms. The van der Waals surface area contributed by atoms with Crippen molar-refractivity contribution in [2.24, 2.45) is 0 Å². The van der Waals surface area contributed by atoms with Crippen molar-refractivity contribution in [3.63, 3.8) is 0 Å². The van der Waals surface area contributed by atoms with Gasteiger partial charge in [-0.05, 0) is 37.4 Å². The first kappa shape index (κ1) is 15.1. The van der Waals surface area contributed by atoms with E-state index in [1.165, 1.54) is 49.6 Å². The molecular weight excluding hydrogens is 297 g/mol. The molecule has 2 rings (SSSR count). The zero-order chi connectivity index (χ0) is 15.5. The Hall–Kier alpha value is -2.32. The number of rotatable bonds is 4. The van der Waals surface area contributed by atoms with Crippen LogP contribution < -0.4 is 10.0 Å². The molecule has 1 heterocycles. The highest BCUT2D eigenvalue weighted by molar-refractivity contribution is 7.89. The lowest BCUT2D eigenvalue weighted by Crippen LogP contribution is -2.19. The zero-order valence-corrected chi connectivity index (χ0v) is 11.8. The lowest BCUT2D eigenvalue weighted by atomic mass is 10.2. The van der Waals surface area contributed by atoms with Crippen molar-refractivity contribution in [1.29, 1.82) is 0 Å². The second kappa shape index (κ2) is 5.98. The SMILES string of the molecule is CNS(=O)(=O)c1cccc(NC(=O)c2cccnc2F)c1. The number of carbonyl (C=O) groups excluding carboxylic acids is 1. The highest BCUT2D eigenvalue weighted by Crippen LogP contribution is 2.16. The predicted molar refractivity (Wildman–Crippen MR) is 74.8 cm³/mol. The quantitative estimate of drug-likeness (QED) is 0.835. The topological polar surface area (TPSA) is 88.2 Å². The second-order valence-electron chi connectivity index (χ2n) is 4.03. The van der Waals surface area contributed by atoms with Gasteiger partial charge >= 0.3 is 0 Å². The average Bonchev–Trinajstić information content (AvgIpc) is 2.48. The number of aromatic nitrogens is 1. The Morgan fingerprint density at radius 2 is 2.00 bits per heavy atom. The number of pyridine rings is 1. The van der Waals surface area contributed by atoms with E-state index >= 15 is 0 Å². The van der Waals surface area contributed by atoms with Gasteiger partial charge in [-0.25, -0.2) is 18.1 Å². The fourth-order valence-electron chi connectivity index (χ4n) is 1.61. The van der Waals surface area contributed by atoms with Gasteiger partial charge < -0.3 is 5.32 Å². The van der Waals surface area contributed by atoms with E-state index in [-0.39, 0.29) is 16.1 Å². The summed E-state index contributed by atoms with van der Waals surface area (Å²) in [5.41, 5.74) is 0.0129. The molecule has 0 fully saturated rings. The van der Waals surface area contributed by atoms with Crippen molar-refractivity contribution in [3.05, 3.63) is 54.1 Å². The molecule has 0 aliphatic rings. The van der Waals surface area contributed by atoms with Gasteiger partial charge in [0, 0.05) is 11.9 Å². The van der Waals surface area contributed by atoms with Gasteiger partial charge in [-0.15, -0.1) is 0 Å². The van der Waals surface area contributed by atoms with Crippen molar-refractivity contribution in [1.82, 2.24) is 9.71 Å². The maximum atomic E-state index is 13.4. The van der Waals surface area contributed by atoms with Crippen molar-refractivity contribution >= 4 is 21.6 Å². The number of nitrogens with zero attached hydrogens (tertiary/aromatic N) is 1. The summed E-state index contributed by atoms with van der Waals surface area (Å²) < 4.78 is 38.9. The molecule has 0 unspecified atom stereocenters. The standard InChI is InChI=1S/C13H12FN3O3S/c1-15-21(19,20)10-5-2-4-9(8-10)17-13(18)11-6-3-7-16-12(11)14/h2-8,15H,1H3,(H,17,18). The number of sulfonamides is 1. The fourth-order valence-corrected chi connectivity index (χ4v) is 2.39. The van der Waals surface area contributed by atoms with Crippen LogP contribution >= 0.6 is 0 Å². The fraction of sp³-hybridized carbons (Fsp3) is 0.0769. The van der Waals surface area contributed by atoms with Crippen LogP contribution in [0.3, 0.4) is 0 Å². The van der Waals surface area contributed by atoms with E-state index in [1.807, 2.05) is 0 Å². The number of anilines is 1. The number of halogens is 1. The number of nitrogens with one attached hydrogen (secondary N) is 2. The van der Waals surface area contributed by atoms with E-state index in [2.05, 4.69) is 15.0 Å². The number of hydrogen-bond acceptors (Lipinski definition) is 4. The van der Waals surface area contributed by atoms with Gasteiger partial charge in [0.2, 0.25) is 16.0 Å². The van der Waals surface area contributed by atoms with E-state index in [4.69, 9.17) is 0 Å². The second-order valence-corrected chi connectivity index (χ2v) is 5.92. The average molecular weight is 309 g/mol. The molecule has 0 aliphatic heterocycles. The first-order valence-corrected chi connectivity index (χ1v) is 7.38. The van der Waals surface area contributed by atoms with Gasteiger partial charge in [-0.1, -0.05) is 6.07 Å². The lowest BCUT2D eigenvalue weighted by Gasteiger charge is -2.08. The summed E-state index contributed by atoms with van der Waals surface area (Å²) in [6, 6.07) is 8.34. The van der Waals surface area contributed by atoms with Crippen LogP contribution in [0, 0.1) is 5.95 Å². The minimum Gasteiger partial charge on any atom is -0.322 e. The largest absolute Gasteiger partial charge is 0.322 e. The van der Waals surface area contributed by atoms with E-state index in [0.29, 0.717) is 0 Å². The summed E-state index contributed by atoms with van der Waals surface area (Å²) in [5, 5.41) is 2.42. The molecule has 0 saturated carbocycles. The van der Waals surface area contributed by atoms with Crippen LogP contribution in [0.4, 0.5) is 10.1 Å². The maximum absolute atomic E-state index is 13.4. The Morgan fingerprint density at radius 1 is 1.24 bits per heavy atom. The molecule has 1 aromatic heterocycles. The highest BCUT2D eigenvalue weighted by Gasteiger charge is 2.15. The van der Waals surface area contributed by atoms with Gasteiger partial charge in [-0.3, -0.25) is 4.79 Å². The molecule has 6 nitrogen and oxygen atoms in total. The molecule has 0 bridgehead atoms. The summed E-state index contributed by atoms with van der Waals surface area (Å²) in [5.74, 6) is -1.60. The minimum absolute atomic E-state index is 0.00513. The monoisotopic (exact) mass is 309 g/mol. The molecule has 21 heavy (non-hydrogen) atoms. The Kier molecular flexibility index (Phi) is 4.29. The summed E-state index contributed by atoms with van der Waals surface area (Å²) in [6.07, 6.45) is 1.23. The molecule has 2 N–H and O–H groups in total. The van der Waals surface area contributed by atoms with Gasteiger partial charge in [0.15, 0.2) is 0 Å². The molecule has 8 heteroatoms. The van der Waals surface area contributed by atoms with E-state index in [1.54, 1.807) is 0 Å². The normalized spacial score (nSPS) is 11.1. The van der Waals surface area contributed by atoms with Crippen LogP contribution in [-0.2, 0) is 10.0 Å². The smallest absolute Gasteiger partial charge is 0.260 e. The molecule has 1 amide bonds. The van der Waals surface area contributed by atoms with Gasteiger partial charge in [0.25, 0.3) is 5.91 Å². The molecule has 1 aromatic carbocycles. The minimum atomic E-state index is -3.62. The van der Waals surface area contributed by atoms with E-state index < -0.39 is 21.9 Å². The van der Waals surface area contributed by atoms with Crippen LogP contribution in [0.5, 0.6) is 0 Å². The van der Waals surface area contributed by atoms with Crippen molar-refractivity contribution in [3.8, 4) is 0 Å². The molecule has 0 saturated heterocycles. The van der Waals surface area contributed by atoms with Crippen LogP contribution in [0.1, 0.15) is 10.4 Å². The third kappa shape index (κ3) is 3.41. The Labute approximate surface area is 121 Å². The number of carbonyl (C=O) groups is 1. The zero-order valence-electron chi connectivity index (χ0n) is 11.0. The molecule has 110 valence electrons. The van der Waals surface area contributed by atoms with Crippen molar-refractivity contribution < 1.29 is 17.6 Å². The van der Waals surface area contributed by atoms with E-state index in [0.717, 1.165) is 0 Å². The molecular formula is C13H12FN3O3S. The Balaban J connectivity index is 2.27. The maximum Gasteiger partial charge on any atom is 0.260 e. The summed E-state index contributed by atoms with van der Waals surface area (Å²) in [7, 11) is -2.33. The first-order valence-electron chi connectivity index (χ1n) is 5.89. The van der Waals surface area contributed by atoms with Gasteiger partial charge in [-0.2, -0.15) is 4.39 Å². The summed E-state index contributed by atoms with van der Waals surface area (Å²) in [4.78, 5) is 15.3.